The first-order valence-electron chi connectivity index (χ1n) is 5.13. The van der Waals surface area contributed by atoms with Gasteiger partial charge in [0.1, 0.15) is 0 Å². The van der Waals surface area contributed by atoms with Crippen LogP contribution >= 0.6 is 0 Å². The van der Waals surface area contributed by atoms with Crippen LogP contribution in [0.3, 0.4) is 0 Å². The van der Waals surface area contributed by atoms with Gasteiger partial charge < -0.3 is 10.6 Å². The van der Waals surface area contributed by atoms with E-state index < -0.39 is 0 Å². The predicted octanol–water partition coefficient (Wildman–Crippen LogP) is 0.511. The normalized spacial score (nSPS) is 27.5. The Kier molecular flexibility index (Phi) is 2.06. The molecule has 0 spiro atoms. The second kappa shape index (κ2) is 2.98. The molecule has 13 heavy (non-hydrogen) atoms. The number of hydrogen-bond acceptors (Lipinski definition) is 2. The zero-order chi connectivity index (χ0) is 9.47. The number of carbonyl (C=O) groups excluding carboxylic acids is 1. The van der Waals surface area contributed by atoms with E-state index in [4.69, 9.17) is 0 Å². The zero-order valence-electron chi connectivity index (χ0n) is 8.39. The summed E-state index contributed by atoms with van der Waals surface area (Å²) in [4.78, 5) is 11.7. The van der Waals surface area contributed by atoms with Crippen LogP contribution in [0, 0.1) is 11.8 Å². The van der Waals surface area contributed by atoms with E-state index in [1.165, 1.54) is 12.8 Å². The maximum Gasteiger partial charge on any atom is 0.223 e. The van der Waals surface area contributed by atoms with Crippen molar-refractivity contribution in [3.05, 3.63) is 0 Å². The first-order valence-corrected chi connectivity index (χ1v) is 5.13. The highest BCUT2D eigenvalue weighted by Crippen LogP contribution is 2.36. The maximum atomic E-state index is 11.7. The van der Waals surface area contributed by atoms with Gasteiger partial charge in [0.2, 0.25) is 5.91 Å². The molecule has 74 valence electrons. The average molecular weight is 182 g/mol. The maximum absolute atomic E-state index is 11.7. The van der Waals surface area contributed by atoms with Gasteiger partial charge in [-0.1, -0.05) is 6.92 Å². The van der Waals surface area contributed by atoms with Gasteiger partial charge in [-0.15, -0.1) is 0 Å². The largest absolute Gasteiger partial charge is 0.348 e. The fourth-order valence-electron chi connectivity index (χ4n) is 1.81. The lowest BCUT2D eigenvalue weighted by Gasteiger charge is -2.40. The molecule has 1 aliphatic heterocycles. The monoisotopic (exact) mass is 182 g/mol. The molecule has 0 bridgehead atoms. The highest BCUT2D eigenvalue weighted by molar-refractivity contribution is 5.79. The number of nitrogens with one attached hydrogen (secondary N) is 2. The Bertz CT molecular complexity index is 219. The van der Waals surface area contributed by atoms with E-state index in [0.717, 1.165) is 13.1 Å². The Balaban J connectivity index is 1.82. The van der Waals surface area contributed by atoms with Crippen LogP contribution in [0.1, 0.15) is 26.7 Å². The first kappa shape index (κ1) is 9.00. The SMILES string of the molecule is CC(C(=O)NC1(C)CNC1)C1CC1. The smallest absolute Gasteiger partial charge is 0.223 e. The fourth-order valence-corrected chi connectivity index (χ4v) is 1.81. The lowest BCUT2D eigenvalue weighted by molar-refractivity contribution is -0.127. The molecule has 0 radical (unpaired) electrons. The molecule has 1 atom stereocenters. The minimum absolute atomic E-state index is 0.0280. The molecule has 1 unspecified atom stereocenters. The van der Waals surface area contributed by atoms with Gasteiger partial charge in [-0.3, -0.25) is 4.79 Å². The van der Waals surface area contributed by atoms with Crippen LogP contribution in [0.2, 0.25) is 0 Å². The van der Waals surface area contributed by atoms with Gasteiger partial charge in [0.15, 0.2) is 0 Å². The Morgan fingerprint density at radius 1 is 1.54 bits per heavy atom. The molecule has 0 aromatic heterocycles. The molecule has 1 aliphatic carbocycles. The summed E-state index contributed by atoms with van der Waals surface area (Å²) in [7, 11) is 0. The van der Waals surface area contributed by atoms with Crippen LogP contribution in [0.15, 0.2) is 0 Å². The fraction of sp³-hybridized carbons (Fsp3) is 0.900. The third-order valence-corrected chi connectivity index (χ3v) is 3.20. The van der Waals surface area contributed by atoms with E-state index in [1.807, 2.05) is 6.92 Å². The van der Waals surface area contributed by atoms with E-state index in [9.17, 15) is 4.79 Å². The third-order valence-electron chi connectivity index (χ3n) is 3.20. The molecule has 2 rings (SSSR count). The van der Waals surface area contributed by atoms with E-state index in [1.54, 1.807) is 0 Å². The molecule has 1 heterocycles. The summed E-state index contributed by atoms with van der Waals surface area (Å²) in [6.07, 6.45) is 2.48. The summed E-state index contributed by atoms with van der Waals surface area (Å²) in [6.45, 7) is 5.97. The molecular formula is C10H18N2O. The molecule has 1 saturated heterocycles. The molecule has 2 N–H and O–H groups in total. The Hall–Kier alpha value is -0.570. The van der Waals surface area contributed by atoms with Crippen molar-refractivity contribution in [3.8, 4) is 0 Å². The van der Waals surface area contributed by atoms with Crippen molar-refractivity contribution in [1.29, 1.82) is 0 Å². The molecule has 2 aliphatic rings. The van der Waals surface area contributed by atoms with Gasteiger partial charge in [0.25, 0.3) is 0 Å². The minimum Gasteiger partial charge on any atom is -0.348 e. The van der Waals surface area contributed by atoms with E-state index >= 15 is 0 Å². The van der Waals surface area contributed by atoms with Crippen LogP contribution < -0.4 is 10.6 Å². The van der Waals surface area contributed by atoms with Crippen molar-refractivity contribution in [1.82, 2.24) is 10.6 Å². The van der Waals surface area contributed by atoms with Crippen molar-refractivity contribution >= 4 is 5.91 Å². The summed E-state index contributed by atoms with van der Waals surface area (Å²) < 4.78 is 0. The van der Waals surface area contributed by atoms with Gasteiger partial charge in [-0.05, 0) is 25.7 Å². The first-order chi connectivity index (χ1) is 6.11. The number of amides is 1. The van der Waals surface area contributed by atoms with Gasteiger partial charge in [-0.25, -0.2) is 0 Å². The second-order valence-electron chi connectivity index (χ2n) is 4.78. The minimum atomic E-state index is 0.0280. The topological polar surface area (TPSA) is 41.1 Å². The number of carbonyl (C=O) groups is 1. The third kappa shape index (κ3) is 1.85. The Morgan fingerprint density at radius 3 is 2.54 bits per heavy atom. The summed E-state index contributed by atoms with van der Waals surface area (Å²) in [6, 6.07) is 0. The van der Waals surface area contributed by atoms with Crippen LogP contribution in [-0.2, 0) is 4.79 Å². The summed E-state index contributed by atoms with van der Waals surface area (Å²) in [5.41, 5.74) is 0.0280. The summed E-state index contributed by atoms with van der Waals surface area (Å²) >= 11 is 0. The van der Waals surface area contributed by atoms with E-state index in [2.05, 4.69) is 17.6 Å². The molecule has 0 aromatic carbocycles. The Labute approximate surface area is 79.3 Å². The second-order valence-corrected chi connectivity index (χ2v) is 4.78. The van der Waals surface area contributed by atoms with Gasteiger partial charge in [0.05, 0.1) is 5.54 Å². The van der Waals surface area contributed by atoms with Crippen LogP contribution in [0.5, 0.6) is 0 Å². The van der Waals surface area contributed by atoms with Crippen LogP contribution in [-0.4, -0.2) is 24.5 Å². The lowest BCUT2D eigenvalue weighted by atomic mass is 9.93. The zero-order valence-corrected chi connectivity index (χ0v) is 8.39. The molecule has 1 saturated carbocycles. The molecule has 2 fully saturated rings. The van der Waals surface area contributed by atoms with Gasteiger partial charge in [0, 0.05) is 19.0 Å². The van der Waals surface area contributed by atoms with Crippen molar-refractivity contribution in [3.63, 3.8) is 0 Å². The molecule has 1 amide bonds. The van der Waals surface area contributed by atoms with Crippen molar-refractivity contribution < 1.29 is 4.79 Å². The highest BCUT2D eigenvalue weighted by Gasteiger charge is 2.38. The number of rotatable bonds is 3. The number of hydrogen-bond donors (Lipinski definition) is 2. The van der Waals surface area contributed by atoms with Crippen LogP contribution in [0.25, 0.3) is 0 Å². The van der Waals surface area contributed by atoms with Crippen LogP contribution in [0.4, 0.5) is 0 Å². The van der Waals surface area contributed by atoms with Crippen molar-refractivity contribution in [2.75, 3.05) is 13.1 Å². The van der Waals surface area contributed by atoms with Crippen molar-refractivity contribution in [2.24, 2.45) is 11.8 Å². The quantitative estimate of drug-likeness (QED) is 0.667. The standard InChI is InChI=1S/C10H18N2O/c1-7(8-3-4-8)9(13)12-10(2)5-11-6-10/h7-8,11H,3-6H2,1-2H3,(H,12,13). The Morgan fingerprint density at radius 2 is 2.15 bits per heavy atom. The molecule has 0 aromatic rings. The van der Waals surface area contributed by atoms with E-state index in [0.29, 0.717) is 5.92 Å². The summed E-state index contributed by atoms with van der Waals surface area (Å²) in [5.74, 6) is 1.13. The molecule has 3 nitrogen and oxygen atoms in total. The molecular weight excluding hydrogens is 164 g/mol. The summed E-state index contributed by atoms with van der Waals surface area (Å²) in [5, 5.41) is 6.29. The molecule has 3 heteroatoms. The highest BCUT2D eigenvalue weighted by atomic mass is 16.2. The van der Waals surface area contributed by atoms with E-state index in [-0.39, 0.29) is 17.4 Å². The van der Waals surface area contributed by atoms with Crippen molar-refractivity contribution in [2.45, 2.75) is 32.2 Å². The van der Waals surface area contributed by atoms with Gasteiger partial charge >= 0.3 is 0 Å². The van der Waals surface area contributed by atoms with Gasteiger partial charge in [-0.2, -0.15) is 0 Å². The predicted molar refractivity (Wildman–Crippen MR) is 51.3 cm³/mol. The lowest BCUT2D eigenvalue weighted by Crippen LogP contribution is -2.67. The average Bonchev–Trinajstić information content (AvgIpc) is 2.82.